The molecule has 1 N–H and O–H groups in total. The minimum atomic E-state index is -0.495. The Balaban J connectivity index is 1.14. The van der Waals surface area contributed by atoms with Gasteiger partial charge in [-0.15, -0.1) is 0 Å². The largest absolute Gasteiger partial charge is 0.381 e. The standard InChI is InChI=1S/C32H38ClFN4O2/c33-29-18-26(4-5-30(29)34)36-31(39)38(21-22-7-12-37(13-8-22)27-9-14-40-15-10-27)28-6-11-32(19-25(32)17-28)24-3-1-2-23(16-24)20-35/h1-5,16,18,22,25,27-28H,6-15,17,19,21H2,(H,36,39)/t25?,28-,32+/m0/s1. The number of benzene rings is 2. The second kappa shape index (κ2) is 11.7. The zero-order valence-electron chi connectivity index (χ0n) is 23.0. The second-order valence-corrected chi connectivity index (χ2v) is 12.6. The van der Waals surface area contributed by atoms with Crippen molar-refractivity contribution in [2.24, 2.45) is 11.8 Å². The van der Waals surface area contributed by atoms with Gasteiger partial charge in [0.25, 0.3) is 0 Å². The molecule has 212 valence electrons. The first-order valence-corrected chi connectivity index (χ1v) is 15.2. The molecule has 40 heavy (non-hydrogen) atoms. The van der Waals surface area contributed by atoms with Crippen LogP contribution in [0.4, 0.5) is 14.9 Å². The third-order valence-electron chi connectivity index (χ3n) is 9.96. The van der Waals surface area contributed by atoms with Crippen LogP contribution in [0.1, 0.15) is 62.5 Å². The quantitative estimate of drug-likeness (QED) is 0.430. The number of nitrogens with zero attached hydrogens (tertiary/aromatic N) is 3. The van der Waals surface area contributed by atoms with Gasteiger partial charge in [0.15, 0.2) is 0 Å². The van der Waals surface area contributed by atoms with Crippen molar-refractivity contribution < 1.29 is 13.9 Å². The molecule has 2 amide bonds. The number of hydrogen-bond acceptors (Lipinski definition) is 4. The fourth-order valence-electron chi connectivity index (χ4n) is 7.54. The summed E-state index contributed by atoms with van der Waals surface area (Å²) in [5.74, 6) is 0.480. The number of piperidine rings is 1. The fourth-order valence-corrected chi connectivity index (χ4v) is 7.72. The fraction of sp³-hybridized carbons (Fsp3) is 0.562. The normalized spacial score (nSPS) is 27.4. The molecule has 4 aliphatic rings. The van der Waals surface area contributed by atoms with E-state index in [1.165, 1.54) is 17.7 Å². The van der Waals surface area contributed by atoms with Crippen molar-refractivity contribution in [2.75, 3.05) is 38.2 Å². The molecule has 3 atom stereocenters. The molecule has 2 aromatic rings. The number of nitriles is 1. The van der Waals surface area contributed by atoms with Crippen LogP contribution in [0, 0.1) is 29.0 Å². The highest BCUT2D eigenvalue weighted by Crippen LogP contribution is 2.63. The molecular formula is C32H38ClFN4O2. The van der Waals surface area contributed by atoms with E-state index in [0.717, 1.165) is 84.2 Å². The molecule has 4 fully saturated rings. The van der Waals surface area contributed by atoms with Crippen LogP contribution in [0.25, 0.3) is 0 Å². The van der Waals surface area contributed by atoms with Gasteiger partial charge in [-0.3, -0.25) is 0 Å². The van der Waals surface area contributed by atoms with Crippen molar-refractivity contribution >= 4 is 23.3 Å². The molecule has 0 spiro atoms. The average molecular weight is 565 g/mol. The number of anilines is 1. The van der Waals surface area contributed by atoms with Crippen molar-refractivity contribution in [1.29, 1.82) is 5.26 Å². The summed E-state index contributed by atoms with van der Waals surface area (Å²) in [4.78, 5) is 18.5. The highest BCUT2D eigenvalue weighted by molar-refractivity contribution is 6.31. The lowest BCUT2D eigenvalue weighted by atomic mass is 9.79. The van der Waals surface area contributed by atoms with Crippen molar-refractivity contribution in [3.63, 3.8) is 0 Å². The highest BCUT2D eigenvalue weighted by atomic mass is 35.5. The number of fused-ring (bicyclic) bond motifs is 1. The maximum atomic E-state index is 13.8. The molecule has 2 heterocycles. The Morgan fingerprint density at radius 1 is 1.15 bits per heavy atom. The minimum absolute atomic E-state index is 0.00450. The Bertz CT molecular complexity index is 1270. The Morgan fingerprint density at radius 2 is 1.95 bits per heavy atom. The van der Waals surface area contributed by atoms with Crippen LogP contribution in [-0.4, -0.2) is 60.8 Å². The minimum Gasteiger partial charge on any atom is -0.381 e. The number of likely N-dealkylation sites (tertiary alicyclic amines) is 1. The molecule has 0 bridgehead atoms. The summed E-state index contributed by atoms with van der Waals surface area (Å²) < 4.78 is 19.3. The van der Waals surface area contributed by atoms with Crippen molar-refractivity contribution in [1.82, 2.24) is 9.80 Å². The first-order valence-electron chi connectivity index (χ1n) is 14.8. The van der Waals surface area contributed by atoms with Crippen LogP contribution in [0.5, 0.6) is 0 Å². The van der Waals surface area contributed by atoms with E-state index in [2.05, 4.69) is 33.3 Å². The number of amides is 2. The van der Waals surface area contributed by atoms with Gasteiger partial charge >= 0.3 is 6.03 Å². The molecular weight excluding hydrogens is 527 g/mol. The van der Waals surface area contributed by atoms with Crippen LogP contribution in [0.15, 0.2) is 42.5 Å². The summed E-state index contributed by atoms with van der Waals surface area (Å²) >= 11 is 6.01. The summed E-state index contributed by atoms with van der Waals surface area (Å²) in [6.45, 7) is 4.60. The van der Waals surface area contributed by atoms with Crippen molar-refractivity contribution in [3.05, 3.63) is 64.4 Å². The number of nitrogens with one attached hydrogen (secondary N) is 1. The van der Waals surface area contributed by atoms with Gasteiger partial charge in [-0.05, 0) is 118 Å². The van der Waals surface area contributed by atoms with E-state index in [4.69, 9.17) is 16.3 Å². The van der Waals surface area contributed by atoms with Gasteiger partial charge in [0.2, 0.25) is 0 Å². The van der Waals surface area contributed by atoms with Crippen LogP contribution in [0.2, 0.25) is 5.02 Å². The molecule has 8 heteroatoms. The Labute approximate surface area is 241 Å². The summed E-state index contributed by atoms with van der Waals surface area (Å²) in [6, 6.07) is 15.3. The van der Waals surface area contributed by atoms with E-state index in [-0.39, 0.29) is 22.5 Å². The molecule has 2 aromatic carbocycles. The van der Waals surface area contributed by atoms with E-state index in [1.807, 2.05) is 12.1 Å². The lowest BCUT2D eigenvalue weighted by Gasteiger charge is -2.42. The van der Waals surface area contributed by atoms with Crippen LogP contribution in [-0.2, 0) is 10.2 Å². The number of rotatable bonds is 6. The van der Waals surface area contributed by atoms with E-state index < -0.39 is 5.82 Å². The molecule has 2 aliphatic carbocycles. The third-order valence-corrected chi connectivity index (χ3v) is 10.3. The second-order valence-electron chi connectivity index (χ2n) is 12.2. The molecule has 2 saturated carbocycles. The maximum Gasteiger partial charge on any atom is 0.322 e. The average Bonchev–Trinajstić information content (AvgIpc) is 3.74. The number of carbonyl (C=O) groups excluding carboxylic acids is 1. The molecule has 0 radical (unpaired) electrons. The maximum absolute atomic E-state index is 13.8. The summed E-state index contributed by atoms with van der Waals surface area (Å²) in [6.07, 6.45) is 8.44. The number of halogens is 2. The summed E-state index contributed by atoms with van der Waals surface area (Å²) in [7, 11) is 0. The molecule has 1 unspecified atom stereocenters. The van der Waals surface area contributed by atoms with Crippen LogP contribution < -0.4 is 5.32 Å². The van der Waals surface area contributed by atoms with Gasteiger partial charge in [-0.2, -0.15) is 5.26 Å². The number of carbonyl (C=O) groups is 1. The Kier molecular flexibility index (Phi) is 8.03. The third kappa shape index (κ3) is 5.72. The first kappa shape index (κ1) is 27.5. The van der Waals surface area contributed by atoms with Gasteiger partial charge < -0.3 is 19.9 Å². The van der Waals surface area contributed by atoms with E-state index in [0.29, 0.717) is 29.1 Å². The number of urea groups is 1. The van der Waals surface area contributed by atoms with Crippen LogP contribution >= 0.6 is 11.6 Å². The highest BCUT2D eigenvalue weighted by Gasteiger charge is 2.58. The predicted octanol–water partition coefficient (Wildman–Crippen LogP) is 6.59. The zero-order valence-corrected chi connectivity index (χ0v) is 23.7. The summed E-state index contributed by atoms with van der Waals surface area (Å²) in [5, 5.41) is 12.4. The summed E-state index contributed by atoms with van der Waals surface area (Å²) in [5.41, 5.74) is 2.64. The van der Waals surface area contributed by atoms with Gasteiger partial charge in [0.1, 0.15) is 5.82 Å². The molecule has 2 aliphatic heterocycles. The van der Waals surface area contributed by atoms with Gasteiger partial charge in [0.05, 0.1) is 16.7 Å². The number of ether oxygens (including phenoxy) is 1. The zero-order chi connectivity index (χ0) is 27.7. The monoisotopic (exact) mass is 564 g/mol. The van der Waals surface area contributed by atoms with Gasteiger partial charge in [0, 0.05) is 37.5 Å². The van der Waals surface area contributed by atoms with Crippen molar-refractivity contribution in [2.45, 2.75) is 68.9 Å². The Hall–Kier alpha value is -2.66. The van der Waals surface area contributed by atoms with Gasteiger partial charge in [-0.1, -0.05) is 23.7 Å². The van der Waals surface area contributed by atoms with E-state index in [9.17, 15) is 14.4 Å². The number of hydrogen-bond donors (Lipinski definition) is 1. The predicted molar refractivity (Wildman–Crippen MR) is 154 cm³/mol. The lowest BCUT2D eigenvalue weighted by molar-refractivity contribution is 0.0179. The first-order chi connectivity index (χ1) is 19.4. The Morgan fingerprint density at radius 3 is 2.67 bits per heavy atom. The SMILES string of the molecule is N#Cc1cccc([C@]23CC[C@H](N(CC4CCN(C5CCOCC5)CC4)C(=O)Nc4ccc(F)c(Cl)c4)CC2C3)c1. The smallest absolute Gasteiger partial charge is 0.322 e. The molecule has 6 nitrogen and oxygen atoms in total. The lowest BCUT2D eigenvalue weighted by Crippen LogP contribution is -2.50. The molecule has 6 rings (SSSR count). The van der Waals surface area contributed by atoms with E-state index in [1.54, 1.807) is 6.07 Å². The van der Waals surface area contributed by atoms with Gasteiger partial charge in [-0.25, -0.2) is 9.18 Å². The van der Waals surface area contributed by atoms with E-state index >= 15 is 0 Å². The topological polar surface area (TPSA) is 68.6 Å². The molecule has 0 aromatic heterocycles. The van der Waals surface area contributed by atoms with Crippen molar-refractivity contribution in [3.8, 4) is 6.07 Å². The van der Waals surface area contributed by atoms with Crippen LogP contribution in [0.3, 0.4) is 0 Å². The molecule has 2 saturated heterocycles.